The molecule has 0 aromatic heterocycles. The van der Waals surface area contributed by atoms with Crippen LogP contribution in [0.5, 0.6) is 0 Å². The maximum atomic E-state index is 12.6. The molecular weight excluding hydrogens is 732 g/mol. The van der Waals surface area contributed by atoms with Crippen molar-refractivity contribution in [2.45, 2.75) is 109 Å². The number of ether oxygens (including phenoxy) is 10. The number of aliphatic hydroxyl groups excluding tert-OH is 1. The fourth-order valence-corrected chi connectivity index (χ4v) is 6.41. The first-order valence-electron chi connectivity index (χ1n) is 18.2. The summed E-state index contributed by atoms with van der Waals surface area (Å²) < 4.78 is 60.2. The van der Waals surface area contributed by atoms with Crippen molar-refractivity contribution in [2.75, 3.05) is 13.2 Å². The summed E-state index contributed by atoms with van der Waals surface area (Å²) in [6.07, 6.45) is -13.3. The van der Waals surface area contributed by atoms with E-state index in [2.05, 4.69) is 0 Å². The summed E-state index contributed by atoms with van der Waals surface area (Å²) in [5, 5.41) is 11.5. The van der Waals surface area contributed by atoms with Gasteiger partial charge in [0, 0.05) is 27.7 Å². The largest absolute Gasteiger partial charge is 0.463 e. The number of carbonyl (C=O) groups excluding carboxylic acids is 4. The highest BCUT2D eigenvalue weighted by Gasteiger charge is 2.56. The Balaban J connectivity index is 1.54. The predicted molar refractivity (Wildman–Crippen MR) is 194 cm³/mol. The molecule has 0 unspecified atom stereocenters. The maximum Gasteiger partial charge on any atom is 0.303 e. The van der Waals surface area contributed by atoms with Crippen LogP contribution >= 0.6 is 0 Å². The lowest BCUT2D eigenvalue weighted by Gasteiger charge is -2.48. The third-order valence-corrected chi connectivity index (χ3v) is 8.81. The number of hydrogen-bond donors (Lipinski definition) is 1. The zero-order valence-corrected chi connectivity index (χ0v) is 31.6. The molecule has 2 saturated heterocycles. The number of benzene rings is 3. The van der Waals surface area contributed by atoms with Crippen molar-refractivity contribution in [2.24, 2.45) is 0 Å². The van der Waals surface area contributed by atoms with Gasteiger partial charge < -0.3 is 52.5 Å². The minimum absolute atomic E-state index is 0.0550. The molecular formula is C41H48O15. The highest BCUT2D eigenvalue weighted by molar-refractivity contribution is 5.68. The molecule has 15 heteroatoms. The van der Waals surface area contributed by atoms with Crippen LogP contribution in [-0.2, 0) is 86.4 Å². The Labute approximate surface area is 325 Å². The van der Waals surface area contributed by atoms with Gasteiger partial charge in [-0.05, 0) is 16.7 Å². The van der Waals surface area contributed by atoms with Crippen molar-refractivity contribution in [3.63, 3.8) is 0 Å². The average molecular weight is 781 g/mol. The van der Waals surface area contributed by atoms with E-state index >= 15 is 0 Å². The maximum absolute atomic E-state index is 12.6. The SMILES string of the molecule is CC(=O)OC[C@H]1O[C@@H](O[C@H]2[C@H](OCc3ccccc3)[C@@H](OCc3ccccc3)[C@H](O)O[C@@H]2COCc2ccccc2)[C@H](OC(C)=O)[C@@H](OC(C)=O)[C@H]1OC(C)=O. The Morgan fingerprint density at radius 1 is 0.518 bits per heavy atom. The minimum Gasteiger partial charge on any atom is -0.463 e. The standard InChI is InChI=1S/C41H48O15/c1-25(42)48-24-33-35(51-26(2)43)37(52-27(3)44)39(53-28(4)45)41(55-33)56-34-32(23-47-20-29-14-8-5-9-15-29)54-40(46)38(50-22-31-18-12-7-13-19-31)36(34)49-21-30-16-10-6-11-17-30/h5-19,32-41,46H,20-24H2,1-4H3/t32-,33-,34-,35+,36+,37+,38-,39-,40-,41+/m1/s1. The normalized spacial score (nSPS) is 27.4. The van der Waals surface area contributed by atoms with E-state index < -0.39 is 91.9 Å². The molecule has 56 heavy (non-hydrogen) atoms. The van der Waals surface area contributed by atoms with Gasteiger partial charge in [-0.1, -0.05) is 91.0 Å². The van der Waals surface area contributed by atoms with Crippen molar-refractivity contribution in [1.29, 1.82) is 0 Å². The Morgan fingerprint density at radius 3 is 1.50 bits per heavy atom. The van der Waals surface area contributed by atoms with Crippen molar-refractivity contribution >= 4 is 23.9 Å². The summed E-state index contributed by atoms with van der Waals surface area (Å²) in [6, 6.07) is 28.0. The van der Waals surface area contributed by atoms with E-state index in [4.69, 9.17) is 47.4 Å². The minimum atomic E-state index is -1.59. The summed E-state index contributed by atoms with van der Waals surface area (Å²) >= 11 is 0. The molecule has 302 valence electrons. The summed E-state index contributed by atoms with van der Waals surface area (Å²) in [6.45, 7) is 4.29. The first-order chi connectivity index (χ1) is 27.0. The van der Waals surface area contributed by atoms with Crippen LogP contribution in [0.25, 0.3) is 0 Å². The molecule has 2 heterocycles. The fraction of sp³-hybridized carbons (Fsp3) is 0.463. The molecule has 0 amide bonds. The molecule has 0 radical (unpaired) electrons. The van der Waals surface area contributed by atoms with E-state index in [-0.39, 0.29) is 26.4 Å². The van der Waals surface area contributed by atoms with Crippen LogP contribution < -0.4 is 0 Å². The Morgan fingerprint density at radius 2 is 0.982 bits per heavy atom. The number of hydrogen-bond acceptors (Lipinski definition) is 15. The quantitative estimate of drug-likeness (QED) is 0.155. The monoisotopic (exact) mass is 780 g/mol. The van der Waals surface area contributed by atoms with Crippen LogP contribution in [0.4, 0.5) is 0 Å². The molecule has 0 aliphatic carbocycles. The average Bonchev–Trinajstić information content (AvgIpc) is 3.16. The van der Waals surface area contributed by atoms with Gasteiger partial charge in [0.15, 0.2) is 30.9 Å². The molecule has 2 aliphatic rings. The van der Waals surface area contributed by atoms with Gasteiger partial charge in [-0.15, -0.1) is 0 Å². The molecule has 2 aliphatic heterocycles. The number of rotatable bonds is 17. The van der Waals surface area contributed by atoms with E-state index in [1.807, 2.05) is 91.0 Å². The zero-order chi connectivity index (χ0) is 40.0. The third kappa shape index (κ3) is 12.4. The Hall–Kier alpha value is -4.74. The zero-order valence-electron chi connectivity index (χ0n) is 31.6. The van der Waals surface area contributed by atoms with Gasteiger partial charge in [0.1, 0.15) is 37.1 Å². The van der Waals surface area contributed by atoms with E-state index in [0.29, 0.717) is 0 Å². The van der Waals surface area contributed by atoms with E-state index in [1.165, 1.54) is 6.92 Å². The smallest absolute Gasteiger partial charge is 0.303 e. The molecule has 0 saturated carbocycles. The van der Waals surface area contributed by atoms with E-state index in [0.717, 1.165) is 37.5 Å². The lowest BCUT2D eigenvalue weighted by Crippen LogP contribution is -2.66. The van der Waals surface area contributed by atoms with E-state index in [1.54, 1.807) is 0 Å². The first kappa shape index (κ1) is 42.4. The second-order valence-electron chi connectivity index (χ2n) is 13.3. The Kier molecular flexibility index (Phi) is 15.9. The molecule has 3 aromatic carbocycles. The Bertz CT molecular complexity index is 1690. The van der Waals surface area contributed by atoms with Crippen LogP contribution in [-0.4, -0.2) is 104 Å². The van der Waals surface area contributed by atoms with Crippen LogP contribution in [0.2, 0.25) is 0 Å². The number of esters is 4. The van der Waals surface area contributed by atoms with Crippen molar-refractivity contribution in [1.82, 2.24) is 0 Å². The van der Waals surface area contributed by atoms with Gasteiger partial charge in [-0.2, -0.15) is 0 Å². The molecule has 5 rings (SSSR count). The molecule has 3 aromatic rings. The highest BCUT2D eigenvalue weighted by Crippen LogP contribution is 2.35. The topological polar surface area (TPSA) is 181 Å². The fourth-order valence-electron chi connectivity index (χ4n) is 6.41. The molecule has 0 bridgehead atoms. The van der Waals surface area contributed by atoms with Crippen LogP contribution in [0.15, 0.2) is 91.0 Å². The predicted octanol–water partition coefficient (Wildman–Crippen LogP) is 3.56. The first-order valence-corrected chi connectivity index (χ1v) is 18.2. The lowest BCUT2D eigenvalue weighted by atomic mass is 9.96. The molecule has 1 N–H and O–H groups in total. The summed E-state index contributed by atoms with van der Waals surface area (Å²) in [5.74, 6) is -3.05. The van der Waals surface area contributed by atoms with Crippen molar-refractivity contribution < 1.29 is 71.7 Å². The summed E-state index contributed by atoms with van der Waals surface area (Å²) in [5.41, 5.74) is 2.49. The summed E-state index contributed by atoms with van der Waals surface area (Å²) in [4.78, 5) is 49.4. The van der Waals surface area contributed by atoms with E-state index in [9.17, 15) is 24.3 Å². The molecule has 15 nitrogen and oxygen atoms in total. The number of aliphatic hydroxyl groups is 1. The van der Waals surface area contributed by atoms with Crippen molar-refractivity contribution in [3.8, 4) is 0 Å². The van der Waals surface area contributed by atoms with Gasteiger partial charge in [0.2, 0.25) is 0 Å². The lowest BCUT2D eigenvalue weighted by molar-refractivity contribution is -0.365. The van der Waals surface area contributed by atoms with Crippen LogP contribution in [0.3, 0.4) is 0 Å². The molecule has 2 fully saturated rings. The number of carbonyl (C=O) groups is 4. The third-order valence-electron chi connectivity index (χ3n) is 8.81. The van der Waals surface area contributed by atoms with Gasteiger partial charge in [-0.25, -0.2) is 0 Å². The summed E-state index contributed by atoms with van der Waals surface area (Å²) in [7, 11) is 0. The highest BCUT2D eigenvalue weighted by atomic mass is 16.8. The second kappa shape index (κ2) is 21.0. The second-order valence-corrected chi connectivity index (χ2v) is 13.3. The van der Waals surface area contributed by atoms with Crippen LogP contribution in [0, 0.1) is 0 Å². The van der Waals surface area contributed by atoms with Gasteiger partial charge in [0.05, 0.1) is 26.4 Å². The van der Waals surface area contributed by atoms with Crippen molar-refractivity contribution in [3.05, 3.63) is 108 Å². The van der Waals surface area contributed by atoms with Gasteiger partial charge >= 0.3 is 23.9 Å². The molecule has 0 spiro atoms. The van der Waals surface area contributed by atoms with Gasteiger partial charge in [-0.3, -0.25) is 19.2 Å². The van der Waals surface area contributed by atoms with Gasteiger partial charge in [0.25, 0.3) is 0 Å². The van der Waals surface area contributed by atoms with Crippen LogP contribution in [0.1, 0.15) is 44.4 Å². The molecule has 10 atom stereocenters.